The molecule has 0 spiro atoms. The van der Waals surface area contributed by atoms with Crippen LogP contribution in [-0.4, -0.2) is 7.11 Å². The molecule has 4 heteroatoms. The summed E-state index contributed by atoms with van der Waals surface area (Å²) < 4.78 is 11.9. The van der Waals surface area contributed by atoms with Gasteiger partial charge in [-0.2, -0.15) is 0 Å². The Labute approximate surface area is 125 Å². The number of methoxy groups -OCH3 is 1. The third-order valence-corrected chi connectivity index (χ3v) is 3.92. The fourth-order valence-corrected chi connectivity index (χ4v) is 2.64. The first-order valence-corrected chi connectivity index (χ1v) is 7.06. The van der Waals surface area contributed by atoms with Crippen molar-refractivity contribution in [1.29, 1.82) is 0 Å². The first kappa shape index (κ1) is 13.2. The van der Waals surface area contributed by atoms with Crippen molar-refractivity contribution in [3.8, 4) is 5.75 Å². The first-order chi connectivity index (χ1) is 9.69. The highest BCUT2D eigenvalue weighted by Crippen LogP contribution is 2.31. The highest BCUT2D eigenvalue weighted by atomic mass is 79.9. The van der Waals surface area contributed by atoms with Gasteiger partial charge in [0.15, 0.2) is 0 Å². The molecule has 0 aliphatic heterocycles. The van der Waals surface area contributed by atoms with Gasteiger partial charge in [-0.05, 0) is 45.8 Å². The fraction of sp³-hybridized carbons (Fsp3) is 0.125. The molecule has 102 valence electrons. The Kier molecular flexibility index (Phi) is 3.51. The predicted octanol–water partition coefficient (Wildman–Crippen LogP) is 4.25. The van der Waals surface area contributed by atoms with Crippen molar-refractivity contribution in [3.63, 3.8) is 0 Å². The molecule has 2 N–H and O–H groups in total. The zero-order chi connectivity index (χ0) is 14.1. The summed E-state index contributed by atoms with van der Waals surface area (Å²) in [5, 5.41) is 1.04. The lowest BCUT2D eigenvalue weighted by Crippen LogP contribution is -2.10. The molecular weight excluding hydrogens is 318 g/mol. The van der Waals surface area contributed by atoms with Gasteiger partial charge in [0.2, 0.25) is 0 Å². The van der Waals surface area contributed by atoms with E-state index in [9.17, 15) is 0 Å². The normalized spacial score (nSPS) is 12.6. The Balaban J connectivity index is 1.98. The number of fused-ring (bicyclic) bond motifs is 1. The van der Waals surface area contributed by atoms with Gasteiger partial charge in [-0.25, -0.2) is 0 Å². The van der Waals surface area contributed by atoms with Gasteiger partial charge in [-0.3, -0.25) is 0 Å². The number of hydrogen-bond donors (Lipinski definition) is 1. The zero-order valence-electron chi connectivity index (χ0n) is 11.0. The number of para-hydroxylation sites is 1. The van der Waals surface area contributed by atoms with E-state index in [0.29, 0.717) is 0 Å². The van der Waals surface area contributed by atoms with E-state index < -0.39 is 0 Å². The van der Waals surface area contributed by atoms with Crippen molar-refractivity contribution >= 4 is 26.9 Å². The van der Waals surface area contributed by atoms with Crippen LogP contribution in [0.3, 0.4) is 0 Å². The first-order valence-electron chi connectivity index (χ1n) is 6.26. The average Bonchev–Trinajstić information content (AvgIpc) is 2.92. The van der Waals surface area contributed by atoms with Crippen molar-refractivity contribution in [2.24, 2.45) is 5.73 Å². The number of ether oxygens (including phenoxy) is 1. The Hall–Kier alpha value is -1.78. The van der Waals surface area contributed by atoms with Crippen molar-refractivity contribution in [2.75, 3.05) is 7.11 Å². The number of halogens is 1. The van der Waals surface area contributed by atoms with Gasteiger partial charge in [0.1, 0.15) is 17.1 Å². The van der Waals surface area contributed by atoms with Gasteiger partial charge < -0.3 is 14.9 Å². The van der Waals surface area contributed by atoms with Crippen LogP contribution in [0, 0.1) is 0 Å². The molecule has 3 aromatic rings. The molecule has 1 atom stereocenters. The van der Waals surface area contributed by atoms with Crippen LogP contribution in [0.25, 0.3) is 11.0 Å². The molecular formula is C16H14BrNO2. The number of furan rings is 1. The SMILES string of the molecule is COc1ccc(C(N)c2cc3cccc(Br)c3o2)cc1. The number of benzene rings is 2. The van der Waals surface area contributed by atoms with Gasteiger partial charge in [0.25, 0.3) is 0 Å². The minimum atomic E-state index is -0.291. The van der Waals surface area contributed by atoms with Crippen molar-refractivity contribution in [3.05, 3.63) is 64.3 Å². The second kappa shape index (κ2) is 5.31. The minimum Gasteiger partial charge on any atom is -0.497 e. The highest BCUT2D eigenvalue weighted by Gasteiger charge is 2.15. The zero-order valence-corrected chi connectivity index (χ0v) is 12.6. The second-order valence-electron chi connectivity index (χ2n) is 4.56. The molecule has 0 aliphatic carbocycles. The predicted molar refractivity (Wildman–Crippen MR) is 82.9 cm³/mol. The monoisotopic (exact) mass is 331 g/mol. The van der Waals surface area contributed by atoms with Gasteiger partial charge in [-0.1, -0.05) is 24.3 Å². The van der Waals surface area contributed by atoms with Crippen LogP contribution in [0.15, 0.2) is 57.4 Å². The Bertz CT molecular complexity index is 734. The van der Waals surface area contributed by atoms with Crippen molar-refractivity contribution in [1.82, 2.24) is 0 Å². The van der Waals surface area contributed by atoms with Gasteiger partial charge in [-0.15, -0.1) is 0 Å². The van der Waals surface area contributed by atoms with Crippen LogP contribution in [-0.2, 0) is 0 Å². The molecule has 1 unspecified atom stereocenters. The molecule has 0 saturated heterocycles. The van der Waals surface area contributed by atoms with E-state index in [1.54, 1.807) is 7.11 Å². The lowest BCUT2D eigenvalue weighted by molar-refractivity contribution is 0.414. The molecule has 0 amide bonds. The molecule has 1 heterocycles. The number of hydrogen-bond acceptors (Lipinski definition) is 3. The molecule has 3 rings (SSSR count). The standard InChI is InChI=1S/C16H14BrNO2/c1-19-12-7-5-10(6-8-12)15(18)14-9-11-3-2-4-13(17)16(11)20-14/h2-9,15H,18H2,1H3. The van der Waals surface area contributed by atoms with Crippen molar-refractivity contribution < 1.29 is 9.15 Å². The minimum absolute atomic E-state index is 0.291. The molecule has 1 aromatic heterocycles. The molecule has 20 heavy (non-hydrogen) atoms. The largest absolute Gasteiger partial charge is 0.497 e. The third-order valence-electron chi connectivity index (χ3n) is 3.30. The molecule has 2 aromatic carbocycles. The summed E-state index contributed by atoms with van der Waals surface area (Å²) in [4.78, 5) is 0. The number of nitrogens with two attached hydrogens (primary N) is 1. The van der Waals surface area contributed by atoms with E-state index in [1.807, 2.05) is 48.5 Å². The van der Waals surface area contributed by atoms with E-state index in [2.05, 4.69) is 15.9 Å². The van der Waals surface area contributed by atoms with E-state index in [1.165, 1.54) is 0 Å². The quantitative estimate of drug-likeness (QED) is 0.780. The molecule has 0 saturated carbocycles. The van der Waals surface area contributed by atoms with Gasteiger partial charge >= 0.3 is 0 Å². The molecule has 0 aliphatic rings. The molecule has 0 radical (unpaired) electrons. The summed E-state index contributed by atoms with van der Waals surface area (Å²) in [7, 11) is 1.64. The van der Waals surface area contributed by atoms with Crippen molar-refractivity contribution in [2.45, 2.75) is 6.04 Å². The van der Waals surface area contributed by atoms with Gasteiger partial charge in [0.05, 0.1) is 17.6 Å². The van der Waals surface area contributed by atoms with Crippen LogP contribution in [0.4, 0.5) is 0 Å². The van der Waals surface area contributed by atoms with Crippen LogP contribution in [0.1, 0.15) is 17.4 Å². The molecule has 0 fully saturated rings. The van der Waals surface area contributed by atoms with Crippen LogP contribution in [0.5, 0.6) is 5.75 Å². The third kappa shape index (κ3) is 2.32. The molecule has 3 nitrogen and oxygen atoms in total. The summed E-state index contributed by atoms with van der Waals surface area (Å²) in [6.07, 6.45) is 0. The van der Waals surface area contributed by atoms with Gasteiger partial charge in [0, 0.05) is 5.39 Å². The topological polar surface area (TPSA) is 48.4 Å². The maximum absolute atomic E-state index is 6.27. The Morgan fingerprint density at radius 1 is 1.15 bits per heavy atom. The summed E-state index contributed by atoms with van der Waals surface area (Å²) in [5.41, 5.74) is 8.08. The van der Waals surface area contributed by atoms with Crippen LogP contribution >= 0.6 is 15.9 Å². The summed E-state index contributed by atoms with van der Waals surface area (Å²) >= 11 is 3.48. The lowest BCUT2D eigenvalue weighted by Gasteiger charge is -2.09. The highest BCUT2D eigenvalue weighted by molar-refractivity contribution is 9.10. The summed E-state index contributed by atoms with van der Waals surface area (Å²) in [6.45, 7) is 0. The van der Waals surface area contributed by atoms with E-state index in [0.717, 1.165) is 32.5 Å². The maximum Gasteiger partial charge on any atom is 0.148 e. The Morgan fingerprint density at radius 2 is 1.90 bits per heavy atom. The fourth-order valence-electron chi connectivity index (χ4n) is 2.18. The van der Waals surface area contributed by atoms with E-state index in [-0.39, 0.29) is 6.04 Å². The van der Waals surface area contributed by atoms with Crippen LogP contribution in [0.2, 0.25) is 0 Å². The second-order valence-corrected chi connectivity index (χ2v) is 5.41. The summed E-state index contributed by atoms with van der Waals surface area (Å²) in [6, 6.07) is 15.3. The average molecular weight is 332 g/mol. The van der Waals surface area contributed by atoms with Crippen LogP contribution < -0.4 is 10.5 Å². The molecule has 0 bridgehead atoms. The van der Waals surface area contributed by atoms with E-state index in [4.69, 9.17) is 14.9 Å². The maximum atomic E-state index is 6.27. The summed E-state index contributed by atoms with van der Waals surface area (Å²) in [5.74, 6) is 1.56. The lowest BCUT2D eigenvalue weighted by atomic mass is 10.1. The Morgan fingerprint density at radius 3 is 2.55 bits per heavy atom. The number of rotatable bonds is 3. The van der Waals surface area contributed by atoms with E-state index >= 15 is 0 Å². The smallest absolute Gasteiger partial charge is 0.148 e.